The molecule has 0 bridgehead atoms. The predicted molar refractivity (Wildman–Crippen MR) is 91.1 cm³/mol. The van der Waals surface area contributed by atoms with Crippen molar-refractivity contribution in [3.8, 4) is 0 Å². The zero-order chi connectivity index (χ0) is 15.5. The van der Waals surface area contributed by atoms with Crippen LogP contribution in [0.15, 0.2) is 58.6 Å². The second-order valence-electron chi connectivity index (χ2n) is 3.66. The number of allylic oxidation sites excluding steroid dienone is 3. The largest absolute Gasteiger partial charge is 0.319 e. The van der Waals surface area contributed by atoms with E-state index in [2.05, 4.69) is 35.0 Å². The van der Waals surface area contributed by atoms with Crippen molar-refractivity contribution in [1.82, 2.24) is 4.90 Å². The maximum atomic E-state index is 4.44. The number of aliphatic imine (C=N–C) groups is 2. The van der Waals surface area contributed by atoms with E-state index in [0.717, 1.165) is 35.8 Å². The van der Waals surface area contributed by atoms with Crippen LogP contribution >= 0.6 is 0 Å². The van der Waals surface area contributed by atoms with Gasteiger partial charge in [-0.3, -0.25) is 4.99 Å². The minimum Gasteiger partial charge on any atom is -0.319 e. The lowest BCUT2D eigenvalue weighted by Crippen LogP contribution is -2.29. The van der Waals surface area contributed by atoms with E-state index in [9.17, 15) is 0 Å². The first kappa shape index (κ1) is 18.1. The highest BCUT2D eigenvalue weighted by molar-refractivity contribution is 6.05. The molecule has 0 aromatic carbocycles. The summed E-state index contributed by atoms with van der Waals surface area (Å²) in [5.74, 6) is 0.865. The Kier molecular flexibility index (Phi) is 9.01. The molecule has 0 atom stereocenters. The first-order valence-electron chi connectivity index (χ1n) is 7.36. The molecule has 20 heavy (non-hydrogen) atoms. The van der Waals surface area contributed by atoms with Crippen LogP contribution in [0.2, 0.25) is 0 Å². The summed E-state index contributed by atoms with van der Waals surface area (Å²) >= 11 is 0. The highest BCUT2D eigenvalue weighted by Gasteiger charge is 2.21. The van der Waals surface area contributed by atoms with Crippen molar-refractivity contribution in [1.29, 1.82) is 0 Å². The van der Waals surface area contributed by atoms with Gasteiger partial charge >= 0.3 is 0 Å². The number of hydrogen-bond acceptors (Lipinski definition) is 3. The van der Waals surface area contributed by atoms with Crippen LogP contribution in [-0.4, -0.2) is 23.4 Å². The zero-order valence-electron chi connectivity index (χ0n) is 13.5. The molecule has 0 saturated heterocycles. The van der Waals surface area contributed by atoms with E-state index in [1.165, 1.54) is 0 Å². The highest BCUT2D eigenvalue weighted by Crippen LogP contribution is 2.27. The molecule has 0 amide bonds. The standard InChI is InChI=1S/C13H15N3.2C2H6/c1-4-10(3)12-8-11(5-2)15-13-9-14-6-7-16(12)13;2*1-2/h5-6,8-9H,2-4,7H2,1H3;2*1-2H3. The fourth-order valence-electron chi connectivity index (χ4n) is 1.68. The summed E-state index contributed by atoms with van der Waals surface area (Å²) in [6.45, 7) is 18.7. The monoisotopic (exact) mass is 273 g/mol. The minimum atomic E-state index is 0.755. The fraction of sp³-hybridized carbons (Fsp3) is 0.412. The van der Waals surface area contributed by atoms with E-state index in [-0.39, 0.29) is 0 Å². The van der Waals surface area contributed by atoms with Crippen molar-refractivity contribution in [2.75, 3.05) is 6.54 Å². The van der Waals surface area contributed by atoms with Crippen LogP contribution in [0.1, 0.15) is 41.0 Å². The van der Waals surface area contributed by atoms with E-state index in [1.807, 2.05) is 40.0 Å². The molecular formula is C17H27N3. The van der Waals surface area contributed by atoms with Crippen LogP contribution in [0.4, 0.5) is 0 Å². The van der Waals surface area contributed by atoms with Crippen molar-refractivity contribution < 1.29 is 0 Å². The molecule has 3 nitrogen and oxygen atoms in total. The molecule has 0 N–H and O–H groups in total. The van der Waals surface area contributed by atoms with Gasteiger partial charge in [-0.15, -0.1) is 0 Å². The number of rotatable bonds is 3. The first-order chi connectivity index (χ1) is 9.76. The summed E-state index contributed by atoms with van der Waals surface area (Å²) in [4.78, 5) is 10.7. The topological polar surface area (TPSA) is 28.0 Å². The Labute approximate surface area is 123 Å². The van der Waals surface area contributed by atoms with Crippen molar-refractivity contribution in [3.05, 3.63) is 48.6 Å². The fourth-order valence-corrected chi connectivity index (χ4v) is 1.68. The molecule has 0 spiro atoms. The molecule has 2 rings (SSSR count). The van der Waals surface area contributed by atoms with E-state index in [4.69, 9.17) is 0 Å². The summed E-state index contributed by atoms with van der Waals surface area (Å²) < 4.78 is 0. The van der Waals surface area contributed by atoms with Gasteiger partial charge < -0.3 is 4.90 Å². The molecule has 2 aliphatic heterocycles. The molecule has 0 aliphatic carbocycles. The van der Waals surface area contributed by atoms with Crippen molar-refractivity contribution in [3.63, 3.8) is 0 Å². The summed E-state index contributed by atoms with van der Waals surface area (Å²) in [5, 5.41) is 0. The molecule has 0 radical (unpaired) electrons. The van der Waals surface area contributed by atoms with E-state index >= 15 is 0 Å². The van der Waals surface area contributed by atoms with Crippen LogP contribution in [-0.2, 0) is 0 Å². The number of nitrogens with zero attached hydrogens (tertiary/aromatic N) is 3. The van der Waals surface area contributed by atoms with Gasteiger partial charge in [-0.05, 0) is 24.1 Å². The zero-order valence-corrected chi connectivity index (χ0v) is 13.5. The van der Waals surface area contributed by atoms with Gasteiger partial charge in [0.2, 0.25) is 0 Å². The SMILES string of the molecule is C=CC1=NC2=CN=CCN2C(C(=C)CC)=C1.CC.CC. The molecule has 0 aromatic rings. The van der Waals surface area contributed by atoms with Gasteiger partial charge in [-0.2, -0.15) is 0 Å². The van der Waals surface area contributed by atoms with Crippen molar-refractivity contribution >= 4 is 11.9 Å². The van der Waals surface area contributed by atoms with Gasteiger partial charge in [0, 0.05) is 11.9 Å². The lowest BCUT2D eigenvalue weighted by Gasteiger charge is -2.31. The average molecular weight is 273 g/mol. The molecule has 0 saturated carbocycles. The van der Waals surface area contributed by atoms with Gasteiger partial charge in [-0.25, -0.2) is 4.99 Å². The van der Waals surface area contributed by atoms with Crippen molar-refractivity contribution in [2.24, 2.45) is 9.98 Å². The normalized spacial score (nSPS) is 15.2. The average Bonchev–Trinajstić information content (AvgIpc) is 2.56. The van der Waals surface area contributed by atoms with Gasteiger partial charge in [0.25, 0.3) is 0 Å². The Morgan fingerprint density at radius 2 is 2.00 bits per heavy atom. The molecule has 3 heteroatoms. The molecule has 2 aliphatic rings. The Bertz CT molecular complexity index is 451. The molecule has 110 valence electrons. The van der Waals surface area contributed by atoms with Gasteiger partial charge in [-0.1, -0.05) is 47.8 Å². The van der Waals surface area contributed by atoms with Crippen molar-refractivity contribution in [2.45, 2.75) is 41.0 Å². The predicted octanol–water partition coefficient (Wildman–Crippen LogP) is 4.71. The quantitative estimate of drug-likeness (QED) is 0.731. The molecule has 2 heterocycles. The molecule has 0 aromatic heterocycles. The van der Waals surface area contributed by atoms with Gasteiger partial charge in [0.05, 0.1) is 18.5 Å². The second kappa shape index (κ2) is 9.96. The molecule has 0 fully saturated rings. The summed E-state index contributed by atoms with van der Waals surface area (Å²) in [7, 11) is 0. The third-order valence-corrected chi connectivity index (χ3v) is 2.65. The molecular weight excluding hydrogens is 246 g/mol. The van der Waals surface area contributed by atoms with Crippen LogP contribution in [0.5, 0.6) is 0 Å². The molecule has 0 unspecified atom stereocenters. The first-order valence-corrected chi connectivity index (χ1v) is 7.36. The van der Waals surface area contributed by atoms with E-state index < -0.39 is 0 Å². The Morgan fingerprint density at radius 3 is 2.55 bits per heavy atom. The summed E-state index contributed by atoms with van der Waals surface area (Å²) in [6, 6.07) is 0. The third kappa shape index (κ3) is 4.34. The highest BCUT2D eigenvalue weighted by atomic mass is 15.3. The third-order valence-electron chi connectivity index (χ3n) is 2.65. The Hall–Kier alpha value is -1.90. The maximum Gasteiger partial charge on any atom is 0.152 e. The Balaban J connectivity index is 0.000000829. The van der Waals surface area contributed by atoms with Gasteiger partial charge in [0.1, 0.15) is 0 Å². The smallest absolute Gasteiger partial charge is 0.152 e. The summed E-state index contributed by atoms with van der Waals surface area (Å²) in [6.07, 6.45) is 8.34. The maximum absolute atomic E-state index is 4.44. The lowest BCUT2D eigenvalue weighted by molar-refractivity contribution is 0.478. The van der Waals surface area contributed by atoms with Crippen LogP contribution < -0.4 is 0 Å². The minimum absolute atomic E-state index is 0.755. The van der Waals surface area contributed by atoms with E-state index in [1.54, 1.807) is 12.3 Å². The Morgan fingerprint density at radius 1 is 1.35 bits per heavy atom. The van der Waals surface area contributed by atoms with Crippen LogP contribution in [0, 0.1) is 0 Å². The van der Waals surface area contributed by atoms with Crippen LogP contribution in [0.3, 0.4) is 0 Å². The second-order valence-corrected chi connectivity index (χ2v) is 3.66. The number of fused-ring (bicyclic) bond motifs is 1. The van der Waals surface area contributed by atoms with Gasteiger partial charge in [0.15, 0.2) is 5.82 Å². The summed E-state index contributed by atoms with van der Waals surface area (Å²) in [5.41, 5.74) is 3.09. The lowest BCUT2D eigenvalue weighted by atomic mass is 10.1. The van der Waals surface area contributed by atoms with E-state index in [0.29, 0.717) is 0 Å². The number of hydrogen-bond donors (Lipinski definition) is 0. The van der Waals surface area contributed by atoms with Crippen LogP contribution in [0.25, 0.3) is 0 Å².